The first kappa shape index (κ1) is 16.4. The molecule has 20 heavy (non-hydrogen) atoms. The molecule has 2 rings (SSSR count). The molecule has 2 N–H and O–H groups in total. The van der Waals surface area contributed by atoms with Crippen LogP contribution < -0.4 is 5.32 Å². The van der Waals surface area contributed by atoms with Crippen molar-refractivity contribution in [2.24, 2.45) is 0 Å². The second-order valence-electron chi connectivity index (χ2n) is 3.98. The van der Waals surface area contributed by atoms with Crippen LogP contribution in [0.2, 0.25) is 10.0 Å². The van der Waals surface area contributed by atoms with Crippen molar-refractivity contribution in [3.05, 3.63) is 53.3 Å². The van der Waals surface area contributed by atoms with E-state index in [0.717, 1.165) is 15.7 Å². The lowest BCUT2D eigenvalue weighted by molar-refractivity contribution is 0.468. The Morgan fingerprint density at radius 3 is 2.15 bits per heavy atom. The van der Waals surface area contributed by atoms with Crippen LogP contribution in [0.15, 0.2) is 37.7 Å². The molecule has 0 radical (unpaired) electrons. The number of aromatic hydroxyl groups is 1. The predicted molar refractivity (Wildman–Crippen MR) is 95.0 cm³/mol. The number of hydrogen-bond donors (Lipinski definition) is 2. The van der Waals surface area contributed by atoms with Crippen LogP contribution in [-0.4, -0.2) is 5.11 Å². The zero-order chi connectivity index (χ0) is 14.9. The van der Waals surface area contributed by atoms with Gasteiger partial charge in [0.15, 0.2) is 0 Å². The molecule has 0 bridgehead atoms. The van der Waals surface area contributed by atoms with Crippen LogP contribution in [0.1, 0.15) is 5.56 Å². The zero-order valence-electron chi connectivity index (χ0n) is 9.85. The number of nitrogens with one attached hydrogen (secondary N) is 1. The maximum absolute atomic E-state index is 9.67. The highest BCUT2D eigenvalue weighted by molar-refractivity contribution is 9.11. The Morgan fingerprint density at radius 1 is 0.950 bits per heavy atom. The van der Waals surface area contributed by atoms with Crippen LogP contribution >= 0.6 is 71.0 Å². The van der Waals surface area contributed by atoms with E-state index in [1.165, 1.54) is 0 Å². The average molecular weight is 505 g/mol. The van der Waals surface area contributed by atoms with Gasteiger partial charge in [-0.3, -0.25) is 0 Å². The van der Waals surface area contributed by atoms with Gasteiger partial charge in [-0.15, -0.1) is 0 Å². The van der Waals surface area contributed by atoms with Crippen molar-refractivity contribution in [2.75, 3.05) is 5.32 Å². The normalized spacial score (nSPS) is 10.7. The molecule has 0 fully saturated rings. The van der Waals surface area contributed by atoms with Crippen LogP contribution in [0.5, 0.6) is 5.75 Å². The van der Waals surface area contributed by atoms with E-state index >= 15 is 0 Å². The molecule has 0 saturated carbocycles. The Hall–Kier alpha value is 0.0600. The molecule has 2 nitrogen and oxygen atoms in total. The van der Waals surface area contributed by atoms with Crippen molar-refractivity contribution >= 4 is 76.7 Å². The minimum absolute atomic E-state index is 0.179. The summed E-state index contributed by atoms with van der Waals surface area (Å²) in [4.78, 5) is 0. The van der Waals surface area contributed by atoms with E-state index in [-0.39, 0.29) is 5.75 Å². The first-order valence-corrected chi connectivity index (χ1v) is 8.58. The monoisotopic (exact) mass is 501 g/mol. The summed E-state index contributed by atoms with van der Waals surface area (Å²) in [6.07, 6.45) is 0. The number of anilines is 1. The molecule has 0 heterocycles. The Bertz CT molecular complexity index is 641. The maximum atomic E-state index is 9.67. The molecule has 2 aromatic carbocycles. The minimum Gasteiger partial charge on any atom is -0.506 e. The summed E-state index contributed by atoms with van der Waals surface area (Å²) in [5, 5.41) is 13.8. The van der Waals surface area contributed by atoms with Crippen LogP contribution in [0.4, 0.5) is 5.69 Å². The van der Waals surface area contributed by atoms with Gasteiger partial charge in [0, 0.05) is 11.0 Å². The number of phenols is 1. The molecule has 0 spiro atoms. The summed E-state index contributed by atoms with van der Waals surface area (Å²) in [5.74, 6) is 0.179. The molecule has 0 unspecified atom stereocenters. The molecule has 2 aromatic rings. The maximum Gasteiger partial charge on any atom is 0.143 e. The van der Waals surface area contributed by atoms with Gasteiger partial charge in [-0.2, -0.15) is 0 Å². The van der Waals surface area contributed by atoms with Crippen LogP contribution in [0, 0.1) is 0 Å². The highest BCUT2D eigenvalue weighted by Gasteiger charge is 2.09. The lowest BCUT2D eigenvalue weighted by atomic mass is 10.2. The van der Waals surface area contributed by atoms with Gasteiger partial charge in [0.25, 0.3) is 0 Å². The first-order chi connectivity index (χ1) is 9.40. The molecular weight excluding hydrogens is 497 g/mol. The van der Waals surface area contributed by atoms with Crippen molar-refractivity contribution in [1.82, 2.24) is 0 Å². The van der Waals surface area contributed by atoms with E-state index in [4.69, 9.17) is 23.2 Å². The third kappa shape index (κ3) is 3.63. The van der Waals surface area contributed by atoms with Gasteiger partial charge in [0.2, 0.25) is 0 Å². The molecule has 0 aromatic heterocycles. The molecule has 0 aliphatic rings. The number of hydrogen-bond acceptors (Lipinski definition) is 2. The van der Waals surface area contributed by atoms with E-state index < -0.39 is 0 Å². The quantitative estimate of drug-likeness (QED) is 0.462. The van der Waals surface area contributed by atoms with E-state index in [9.17, 15) is 5.11 Å². The summed E-state index contributed by atoms with van der Waals surface area (Å²) in [5.41, 5.74) is 1.73. The van der Waals surface area contributed by atoms with Crippen LogP contribution in [-0.2, 0) is 6.54 Å². The fraction of sp³-hybridized carbons (Fsp3) is 0.0769. The predicted octanol–water partition coefficient (Wildman–Crippen LogP) is 6.60. The van der Waals surface area contributed by atoms with Crippen molar-refractivity contribution in [1.29, 1.82) is 0 Å². The largest absolute Gasteiger partial charge is 0.506 e. The highest BCUT2D eigenvalue weighted by Crippen LogP contribution is 2.37. The van der Waals surface area contributed by atoms with Crippen molar-refractivity contribution in [2.45, 2.75) is 6.54 Å². The third-order valence-electron chi connectivity index (χ3n) is 2.59. The molecule has 0 amide bonds. The second-order valence-corrected chi connectivity index (χ2v) is 7.30. The van der Waals surface area contributed by atoms with Crippen LogP contribution in [0.3, 0.4) is 0 Å². The number of benzene rings is 2. The standard InChI is InChI=1S/C13H8Br3Cl2NO/c14-7-1-2-10(12(18)11(7)17)19-5-6-3-8(15)13(20)9(16)4-6/h1-4,19-20H,5H2. The van der Waals surface area contributed by atoms with Gasteiger partial charge in [-0.1, -0.05) is 23.2 Å². The summed E-state index contributed by atoms with van der Waals surface area (Å²) in [7, 11) is 0. The van der Waals surface area contributed by atoms with E-state index in [1.807, 2.05) is 24.3 Å². The van der Waals surface area contributed by atoms with Crippen LogP contribution in [0.25, 0.3) is 0 Å². The Morgan fingerprint density at radius 2 is 1.55 bits per heavy atom. The van der Waals surface area contributed by atoms with Gasteiger partial charge >= 0.3 is 0 Å². The van der Waals surface area contributed by atoms with Crippen molar-refractivity contribution in [3.8, 4) is 5.75 Å². The Labute approximate surface area is 151 Å². The van der Waals surface area contributed by atoms with E-state index in [1.54, 1.807) is 0 Å². The minimum atomic E-state index is 0.179. The number of phenolic OH excluding ortho intramolecular Hbond substituents is 1. The first-order valence-electron chi connectivity index (χ1n) is 5.44. The summed E-state index contributed by atoms with van der Waals surface area (Å²) in [6.45, 7) is 0.551. The molecule has 0 aliphatic carbocycles. The molecule has 7 heteroatoms. The number of halogens is 5. The SMILES string of the molecule is Oc1c(Br)cc(CNc2ccc(Br)c(Cl)c2Cl)cc1Br. The van der Waals surface area contributed by atoms with Gasteiger partial charge in [-0.25, -0.2) is 0 Å². The van der Waals surface area contributed by atoms with E-state index in [0.29, 0.717) is 25.5 Å². The van der Waals surface area contributed by atoms with Crippen molar-refractivity contribution in [3.63, 3.8) is 0 Å². The summed E-state index contributed by atoms with van der Waals surface area (Å²) in [6, 6.07) is 7.35. The zero-order valence-corrected chi connectivity index (χ0v) is 16.1. The number of rotatable bonds is 3. The van der Waals surface area contributed by atoms with Gasteiger partial charge in [0.1, 0.15) is 5.75 Å². The lowest BCUT2D eigenvalue weighted by Crippen LogP contribution is -2.00. The summed E-state index contributed by atoms with van der Waals surface area (Å²) >= 11 is 22.2. The third-order valence-corrected chi connectivity index (χ3v) is 5.57. The molecule has 0 saturated heterocycles. The lowest BCUT2D eigenvalue weighted by Gasteiger charge is -2.11. The molecule has 106 valence electrons. The molecule has 0 atom stereocenters. The summed E-state index contributed by atoms with van der Waals surface area (Å²) < 4.78 is 2.01. The second kappa shape index (κ2) is 6.88. The van der Waals surface area contributed by atoms with Gasteiger partial charge < -0.3 is 10.4 Å². The molecule has 0 aliphatic heterocycles. The fourth-order valence-electron chi connectivity index (χ4n) is 1.58. The smallest absolute Gasteiger partial charge is 0.143 e. The average Bonchev–Trinajstić information content (AvgIpc) is 2.41. The highest BCUT2D eigenvalue weighted by atomic mass is 79.9. The topological polar surface area (TPSA) is 32.3 Å². The van der Waals surface area contributed by atoms with Gasteiger partial charge in [0.05, 0.1) is 24.7 Å². The Balaban J connectivity index is 2.19. The Kier molecular flexibility index (Phi) is 5.65. The van der Waals surface area contributed by atoms with Crippen molar-refractivity contribution < 1.29 is 5.11 Å². The fourth-order valence-corrected chi connectivity index (χ4v) is 3.70. The van der Waals surface area contributed by atoms with E-state index in [2.05, 4.69) is 53.1 Å². The van der Waals surface area contributed by atoms with Gasteiger partial charge in [-0.05, 0) is 77.6 Å². The molecular formula is C13H8Br3Cl2NO.